The van der Waals surface area contributed by atoms with Crippen molar-refractivity contribution < 1.29 is 23.9 Å². The van der Waals surface area contributed by atoms with Gasteiger partial charge in [-0.1, -0.05) is 86.1 Å². The number of benzene rings is 3. The number of amides is 2. The highest BCUT2D eigenvalue weighted by Crippen LogP contribution is 2.24. The first-order chi connectivity index (χ1) is 17.6. The Balaban J connectivity index is 1.58. The highest BCUT2D eigenvalue weighted by atomic mass is 16.5. The van der Waals surface area contributed by atoms with Crippen LogP contribution in [0.15, 0.2) is 78.9 Å². The van der Waals surface area contributed by atoms with Crippen molar-refractivity contribution in [2.75, 3.05) is 11.9 Å². The molecular formula is C29H32N2O5. The van der Waals surface area contributed by atoms with E-state index in [2.05, 4.69) is 17.6 Å². The lowest BCUT2D eigenvalue weighted by Crippen LogP contribution is -2.28. The summed E-state index contributed by atoms with van der Waals surface area (Å²) in [6.45, 7) is 2.50. The van der Waals surface area contributed by atoms with Crippen molar-refractivity contribution in [3.8, 4) is 0 Å². The predicted molar refractivity (Wildman–Crippen MR) is 138 cm³/mol. The standard InChI is InChI=1S/C29H32N2O5/c1-2-3-15-24-16-10-17-25(27(24)31-29(34)36-21-23-13-8-5-9-14-23)28(33)30-19-18-26(32)35-20-22-11-6-4-7-12-22/h4-14,16-17H,2-3,15,18-21H2,1H3,(H,30,33)(H,31,34). The van der Waals surface area contributed by atoms with Crippen LogP contribution in [-0.4, -0.2) is 24.5 Å². The molecule has 0 unspecified atom stereocenters. The molecule has 7 heteroatoms. The maximum atomic E-state index is 13.0. The third kappa shape index (κ3) is 8.58. The van der Waals surface area contributed by atoms with Crippen molar-refractivity contribution in [3.05, 3.63) is 101 Å². The summed E-state index contributed by atoms with van der Waals surface area (Å²) in [5.74, 6) is -0.791. The van der Waals surface area contributed by atoms with Crippen LogP contribution in [0.4, 0.5) is 10.5 Å². The van der Waals surface area contributed by atoms with Crippen LogP contribution in [0.5, 0.6) is 0 Å². The van der Waals surface area contributed by atoms with Crippen molar-refractivity contribution in [2.45, 2.75) is 45.8 Å². The number of esters is 1. The van der Waals surface area contributed by atoms with Crippen molar-refractivity contribution in [2.24, 2.45) is 0 Å². The third-order valence-corrected chi connectivity index (χ3v) is 5.49. The monoisotopic (exact) mass is 488 g/mol. The molecule has 0 radical (unpaired) electrons. The van der Waals surface area contributed by atoms with Gasteiger partial charge in [0, 0.05) is 6.54 Å². The molecule has 0 saturated heterocycles. The summed E-state index contributed by atoms with van der Waals surface area (Å²) in [7, 11) is 0. The largest absolute Gasteiger partial charge is 0.461 e. The van der Waals surface area contributed by atoms with E-state index in [4.69, 9.17) is 9.47 Å². The van der Waals surface area contributed by atoms with E-state index >= 15 is 0 Å². The topological polar surface area (TPSA) is 93.7 Å². The van der Waals surface area contributed by atoms with Gasteiger partial charge in [0.05, 0.1) is 17.7 Å². The molecule has 0 heterocycles. The SMILES string of the molecule is CCCCc1cccc(C(=O)NCCC(=O)OCc2ccccc2)c1NC(=O)OCc1ccccc1. The minimum atomic E-state index is -0.638. The van der Waals surface area contributed by atoms with Crippen LogP contribution in [0, 0.1) is 0 Å². The van der Waals surface area contributed by atoms with Gasteiger partial charge in [-0.3, -0.25) is 14.9 Å². The van der Waals surface area contributed by atoms with Crippen molar-refractivity contribution in [3.63, 3.8) is 0 Å². The van der Waals surface area contributed by atoms with Gasteiger partial charge < -0.3 is 14.8 Å². The molecule has 2 amide bonds. The van der Waals surface area contributed by atoms with Crippen LogP contribution < -0.4 is 10.6 Å². The molecule has 7 nitrogen and oxygen atoms in total. The summed E-state index contributed by atoms with van der Waals surface area (Å²) in [4.78, 5) is 37.6. The molecule has 0 bridgehead atoms. The molecule has 0 atom stereocenters. The number of para-hydroxylation sites is 1. The van der Waals surface area contributed by atoms with Gasteiger partial charge >= 0.3 is 12.1 Å². The summed E-state index contributed by atoms with van der Waals surface area (Å²) < 4.78 is 10.6. The van der Waals surface area contributed by atoms with E-state index in [0.29, 0.717) is 17.7 Å². The number of carbonyl (C=O) groups excluding carboxylic acids is 3. The summed E-state index contributed by atoms with van der Waals surface area (Å²) in [5.41, 5.74) is 3.35. The number of hydrogen-bond acceptors (Lipinski definition) is 5. The van der Waals surface area contributed by atoms with E-state index in [1.54, 1.807) is 12.1 Å². The fourth-order valence-corrected chi connectivity index (χ4v) is 3.56. The van der Waals surface area contributed by atoms with E-state index in [-0.39, 0.29) is 32.1 Å². The van der Waals surface area contributed by atoms with Crippen molar-refractivity contribution in [1.82, 2.24) is 5.32 Å². The highest BCUT2D eigenvalue weighted by molar-refractivity contribution is 6.03. The Bertz CT molecular complexity index is 1130. The molecule has 3 aromatic carbocycles. The molecule has 0 aromatic heterocycles. The van der Waals surface area contributed by atoms with Gasteiger partial charge in [-0.15, -0.1) is 0 Å². The van der Waals surface area contributed by atoms with Crippen LogP contribution in [0.1, 0.15) is 53.2 Å². The minimum absolute atomic E-state index is 0.0377. The lowest BCUT2D eigenvalue weighted by molar-refractivity contribution is -0.144. The first-order valence-corrected chi connectivity index (χ1v) is 12.1. The fraction of sp³-hybridized carbons (Fsp3) is 0.276. The highest BCUT2D eigenvalue weighted by Gasteiger charge is 2.18. The number of hydrogen-bond donors (Lipinski definition) is 2. The summed E-state index contributed by atoms with van der Waals surface area (Å²) in [6, 6.07) is 24.1. The second-order valence-corrected chi connectivity index (χ2v) is 8.28. The molecule has 0 spiro atoms. The Morgan fingerprint density at radius 1 is 0.778 bits per heavy atom. The maximum absolute atomic E-state index is 13.0. The van der Waals surface area contributed by atoms with Crippen LogP contribution in [0.2, 0.25) is 0 Å². The zero-order valence-corrected chi connectivity index (χ0v) is 20.5. The van der Waals surface area contributed by atoms with Gasteiger partial charge in [0.25, 0.3) is 5.91 Å². The number of aryl methyl sites for hydroxylation is 1. The van der Waals surface area contributed by atoms with Crippen molar-refractivity contribution >= 4 is 23.7 Å². The van der Waals surface area contributed by atoms with Crippen LogP contribution in [0.25, 0.3) is 0 Å². The summed E-state index contributed by atoms with van der Waals surface area (Å²) >= 11 is 0. The van der Waals surface area contributed by atoms with Gasteiger partial charge in [-0.2, -0.15) is 0 Å². The van der Waals surface area contributed by atoms with Gasteiger partial charge in [-0.05, 0) is 35.6 Å². The average Bonchev–Trinajstić information content (AvgIpc) is 2.91. The number of ether oxygens (including phenoxy) is 2. The second kappa shape index (κ2) is 14.3. The number of nitrogens with one attached hydrogen (secondary N) is 2. The quantitative estimate of drug-likeness (QED) is 0.322. The normalized spacial score (nSPS) is 10.4. The first kappa shape index (κ1) is 26.5. The van der Waals surface area contributed by atoms with E-state index in [9.17, 15) is 14.4 Å². The predicted octanol–water partition coefficient (Wildman–Crippen LogP) is 5.64. The van der Waals surface area contributed by atoms with Gasteiger partial charge in [0.15, 0.2) is 0 Å². The molecule has 3 rings (SSSR count). The van der Waals surface area contributed by atoms with Crippen LogP contribution in [-0.2, 0) is 33.9 Å². The number of rotatable bonds is 12. The number of unbranched alkanes of at least 4 members (excludes halogenated alkanes) is 1. The van der Waals surface area contributed by atoms with Crippen LogP contribution in [0.3, 0.4) is 0 Å². The van der Waals surface area contributed by atoms with Gasteiger partial charge in [-0.25, -0.2) is 4.79 Å². The van der Waals surface area contributed by atoms with Crippen LogP contribution >= 0.6 is 0 Å². The fourth-order valence-electron chi connectivity index (χ4n) is 3.56. The molecule has 2 N–H and O–H groups in total. The molecule has 36 heavy (non-hydrogen) atoms. The van der Waals surface area contributed by atoms with E-state index in [1.807, 2.05) is 66.7 Å². The molecule has 0 saturated carbocycles. The van der Waals surface area contributed by atoms with E-state index in [1.165, 1.54) is 0 Å². The molecule has 3 aromatic rings. The van der Waals surface area contributed by atoms with Gasteiger partial charge in [0.2, 0.25) is 0 Å². The molecule has 0 fully saturated rings. The van der Waals surface area contributed by atoms with E-state index < -0.39 is 12.1 Å². The average molecular weight is 489 g/mol. The maximum Gasteiger partial charge on any atom is 0.411 e. The summed E-state index contributed by atoms with van der Waals surface area (Å²) in [5, 5.41) is 5.51. The smallest absolute Gasteiger partial charge is 0.411 e. The van der Waals surface area contributed by atoms with Crippen molar-refractivity contribution in [1.29, 1.82) is 0 Å². The second-order valence-electron chi connectivity index (χ2n) is 8.28. The molecule has 0 aliphatic rings. The summed E-state index contributed by atoms with van der Waals surface area (Å²) in [6.07, 6.45) is 1.99. The molecule has 0 aliphatic carbocycles. The Morgan fingerprint density at radius 3 is 2.06 bits per heavy atom. The lowest BCUT2D eigenvalue weighted by Gasteiger charge is -2.16. The van der Waals surface area contributed by atoms with Gasteiger partial charge in [0.1, 0.15) is 13.2 Å². The minimum Gasteiger partial charge on any atom is -0.461 e. The Morgan fingerprint density at radius 2 is 1.42 bits per heavy atom. The number of anilines is 1. The Hall–Kier alpha value is -4.13. The molecular weight excluding hydrogens is 456 g/mol. The molecule has 0 aliphatic heterocycles. The zero-order valence-electron chi connectivity index (χ0n) is 20.5. The number of carbonyl (C=O) groups is 3. The van der Waals surface area contributed by atoms with E-state index in [0.717, 1.165) is 29.5 Å². The molecule has 188 valence electrons. The zero-order chi connectivity index (χ0) is 25.6. The third-order valence-electron chi connectivity index (χ3n) is 5.49. The Kier molecular flexibility index (Phi) is 10.5. The lowest BCUT2D eigenvalue weighted by atomic mass is 10.0. The Labute approximate surface area is 211 Å². The first-order valence-electron chi connectivity index (χ1n) is 12.1.